The molecule has 3 aromatic rings. The zero-order valence-corrected chi connectivity index (χ0v) is 13.7. The number of benzene rings is 1. The first-order chi connectivity index (χ1) is 12.3. The van der Waals surface area contributed by atoms with Crippen molar-refractivity contribution in [2.24, 2.45) is 0 Å². The Morgan fingerprint density at radius 2 is 2.12 bits per heavy atom. The van der Waals surface area contributed by atoms with E-state index in [0.29, 0.717) is 18.9 Å². The molecule has 1 N–H and O–H groups in total. The molecule has 1 aliphatic heterocycles. The third-order valence-electron chi connectivity index (χ3n) is 4.25. The lowest BCUT2D eigenvalue weighted by Crippen LogP contribution is -2.31. The van der Waals surface area contributed by atoms with E-state index in [0.717, 1.165) is 18.7 Å². The van der Waals surface area contributed by atoms with E-state index < -0.39 is 0 Å². The molecule has 25 heavy (non-hydrogen) atoms. The Morgan fingerprint density at radius 1 is 1.24 bits per heavy atom. The molecule has 0 aliphatic carbocycles. The number of hydrogen-bond acceptors (Lipinski definition) is 4. The Balaban J connectivity index is 1.45. The van der Waals surface area contributed by atoms with E-state index in [1.807, 2.05) is 22.9 Å². The normalized spacial score (nSPS) is 16.4. The van der Waals surface area contributed by atoms with Crippen LogP contribution in [0, 0.1) is 0 Å². The van der Waals surface area contributed by atoms with Gasteiger partial charge < -0.3 is 14.5 Å². The van der Waals surface area contributed by atoms with Crippen molar-refractivity contribution in [3.63, 3.8) is 0 Å². The molecular formula is C19H19N3O3. The van der Waals surface area contributed by atoms with Crippen molar-refractivity contribution in [3.05, 3.63) is 77.5 Å². The highest BCUT2D eigenvalue weighted by molar-refractivity contribution is 5.91. The summed E-state index contributed by atoms with van der Waals surface area (Å²) in [5.41, 5.74) is 3.28. The first-order valence-corrected chi connectivity index (χ1v) is 8.33. The van der Waals surface area contributed by atoms with Crippen molar-refractivity contribution < 1.29 is 13.9 Å². The number of rotatable bonds is 5. The van der Waals surface area contributed by atoms with Crippen LogP contribution in [0.25, 0.3) is 0 Å². The number of ether oxygens (including phenoxy) is 1. The summed E-state index contributed by atoms with van der Waals surface area (Å²) in [4.78, 5) is 12.0. The van der Waals surface area contributed by atoms with Crippen LogP contribution in [0.15, 0.2) is 59.3 Å². The van der Waals surface area contributed by atoms with Crippen LogP contribution < -0.4 is 5.32 Å². The van der Waals surface area contributed by atoms with Crippen LogP contribution in [-0.2, 0) is 17.7 Å². The molecule has 0 saturated heterocycles. The number of nitrogens with zero attached hydrogens (tertiary/aromatic N) is 2. The maximum absolute atomic E-state index is 12.0. The second-order valence-electron chi connectivity index (χ2n) is 6.02. The van der Waals surface area contributed by atoms with Crippen LogP contribution in [0.2, 0.25) is 0 Å². The lowest BCUT2D eigenvalue weighted by Gasteiger charge is -2.22. The highest BCUT2D eigenvalue weighted by atomic mass is 16.5. The number of aromatic nitrogens is 2. The fourth-order valence-electron chi connectivity index (χ4n) is 3.02. The van der Waals surface area contributed by atoms with E-state index in [1.165, 1.54) is 17.4 Å². The molecule has 0 radical (unpaired) electrons. The molecule has 0 unspecified atom stereocenters. The minimum Gasteiger partial charge on any atom is -0.459 e. The van der Waals surface area contributed by atoms with Gasteiger partial charge in [-0.15, -0.1) is 0 Å². The third-order valence-corrected chi connectivity index (χ3v) is 4.25. The van der Waals surface area contributed by atoms with E-state index in [4.69, 9.17) is 9.15 Å². The standard InChI is InChI=1S/C19H19N3O3/c23-19(16-7-4-9-24-16)20-11-17-18-15(8-10-25-17)13-22(21-18)12-14-5-2-1-3-6-14/h1-7,9,13,17H,8,10-12H2,(H,20,23)/t17-/m0/s1. The van der Waals surface area contributed by atoms with Crippen molar-refractivity contribution in [3.8, 4) is 0 Å². The first-order valence-electron chi connectivity index (χ1n) is 8.33. The molecule has 1 aromatic carbocycles. The minimum atomic E-state index is -0.246. The second-order valence-corrected chi connectivity index (χ2v) is 6.02. The van der Waals surface area contributed by atoms with Crippen LogP contribution in [0.3, 0.4) is 0 Å². The smallest absolute Gasteiger partial charge is 0.287 e. The van der Waals surface area contributed by atoms with Crippen molar-refractivity contribution in [2.75, 3.05) is 13.2 Å². The van der Waals surface area contributed by atoms with E-state index >= 15 is 0 Å². The Bertz CT molecular complexity index is 840. The van der Waals surface area contributed by atoms with E-state index in [2.05, 4.69) is 28.7 Å². The number of fused-ring (bicyclic) bond motifs is 1. The molecule has 128 valence electrons. The largest absolute Gasteiger partial charge is 0.459 e. The molecule has 0 bridgehead atoms. The van der Waals surface area contributed by atoms with E-state index in [9.17, 15) is 4.79 Å². The van der Waals surface area contributed by atoms with Gasteiger partial charge in [0, 0.05) is 12.7 Å². The quantitative estimate of drug-likeness (QED) is 0.777. The topological polar surface area (TPSA) is 69.3 Å². The molecule has 6 nitrogen and oxygen atoms in total. The second kappa shape index (κ2) is 6.94. The molecule has 1 atom stereocenters. The predicted molar refractivity (Wildman–Crippen MR) is 91.2 cm³/mol. The summed E-state index contributed by atoms with van der Waals surface area (Å²) >= 11 is 0. The highest BCUT2D eigenvalue weighted by Gasteiger charge is 2.25. The molecule has 0 saturated carbocycles. The molecule has 6 heteroatoms. The van der Waals surface area contributed by atoms with Crippen LogP contribution >= 0.6 is 0 Å². The van der Waals surface area contributed by atoms with Gasteiger partial charge in [0.2, 0.25) is 0 Å². The molecule has 3 heterocycles. The maximum atomic E-state index is 12.0. The molecule has 4 rings (SSSR count). The molecule has 1 amide bonds. The Kier molecular flexibility index (Phi) is 4.35. The van der Waals surface area contributed by atoms with Gasteiger partial charge >= 0.3 is 0 Å². The summed E-state index contributed by atoms with van der Waals surface area (Å²) in [7, 11) is 0. The van der Waals surface area contributed by atoms with Crippen LogP contribution in [0.1, 0.15) is 33.5 Å². The van der Waals surface area contributed by atoms with E-state index in [-0.39, 0.29) is 12.0 Å². The summed E-state index contributed by atoms with van der Waals surface area (Å²) < 4.78 is 12.9. The Morgan fingerprint density at radius 3 is 2.92 bits per heavy atom. The van der Waals surface area contributed by atoms with Gasteiger partial charge in [0.1, 0.15) is 6.10 Å². The number of carbonyl (C=O) groups is 1. The van der Waals surface area contributed by atoms with Gasteiger partial charge in [0.25, 0.3) is 5.91 Å². The minimum absolute atomic E-state index is 0.236. The zero-order valence-electron chi connectivity index (χ0n) is 13.7. The molecule has 0 fully saturated rings. The third kappa shape index (κ3) is 3.49. The zero-order chi connectivity index (χ0) is 17.1. The summed E-state index contributed by atoms with van der Waals surface area (Å²) in [5.74, 6) is 0.0510. The highest BCUT2D eigenvalue weighted by Crippen LogP contribution is 2.25. The van der Waals surface area contributed by atoms with Crippen LogP contribution in [0.4, 0.5) is 0 Å². The van der Waals surface area contributed by atoms with Gasteiger partial charge in [-0.2, -0.15) is 5.10 Å². The molecule has 1 aliphatic rings. The van der Waals surface area contributed by atoms with Crippen molar-refractivity contribution in [1.29, 1.82) is 0 Å². The lowest BCUT2D eigenvalue weighted by molar-refractivity contribution is 0.0380. The Labute approximate surface area is 145 Å². The summed E-state index contributed by atoms with van der Waals surface area (Å²) in [6.07, 6.45) is 4.16. The summed E-state index contributed by atoms with van der Waals surface area (Å²) in [6, 6.07) is 13.5. The number of hydrogen-bond donors (Lipinski definition) is 1. The molecule has 0 spiro atoms. The summed E-state index contributed by atoms with van der Waals surface area (Å²) in [5, 5.41) is 7.53. The average Bonchev–Trinajstić information content (AvgIpc) is 3.30. The molecular weight excluding hydrogens is 318 g/mol. The SMILES string of the molecule is O=C(NC[C@@H]1OCCc2cn(Cc3ccccc3)nc21)c1ccco1. The average molecular weight is 337 g/mol. The van der Waals surface area contributed by atoms with Crippen molar-refractivity contribution >= 4 is 5.91 Å². The van der Waals surface area contributed by atoms with Gasteiger partial charge in [0.05, 0.1) is 25.1 Å². The predicted octanol–water partition coefficient (Wildman–Crippen LogP) is 2.57. The summed E-state index contributed by atoms with van der Waals surface area (Å²) in [6.45, 7) is 1.72. The number of furan rings is 1. The monoisotopic (exact) mass is 337 g/mol. The fraction of sp³-hybridized carbons (Fsp3) is 0.263. The first kappa shape index (κ1) is 15.7. The van der Waals surface area contributed by atoms with Crippen molar-refractivity contribution in [1.82, 2.24) is 15.1 Å². The molecule has 2 aromatic heterocycles. The number of amides is 1. The van der Waals surface area contributed by atoms with Gasteiger partial charge in [-0.1, -0.05) is 30.3 Å². The van der Waals surface area contributed by atoms with Gasteiger partial charge in [-0.25, -0.2) is 0 Å². The van der Waals surface area contributed by atoms with Crippen molar-refractivity contribution in [2.45, 2.75) is 19.1 Å². The van der Waals surface area contributed by atoms with Gasteiger partial charge in [-0.3, -0.25) is 9.48 Å². The van der Waals surface area contributed by atoms with E-state index in [1.54, 1.807) is 12.1 Å². The van der Waals surface area contributed by atoms with Crippen LogP contribution in [-0.4, -0.2) is 28.8 Å². The van der Waals surface area contributed by atoms with Gasteiger partial charge in [-0.05, 0) is 29.7 Å². The fourth-order valence-corrected chi connectivity index (χ4v) is 3.02. The van der Waals surface area contributed by atoms with Crippen LogP contribution in [0.5, 0.6) is 0 Å². The Hall–Kier alpha value is -2.86. The number of nitrogens with one attached hydrogen (secondary N) is 1. The maximum Gasteiger partial charge on any atom is 0.287 e. The number of carbonyl (C=O) groups excluding carboxylic acids is 1. The lowest BCUT2D eigenvalue weighted by atomic mass is 10.1. The van der Waals surface area contributed by atoms with Gasteiger partial charge in [0.15, 0.2) is 5.76 Å².